The molecule has 4 N–H and O–H groups in total. The number of aromatic nitrogens is 2. The van der Waals surface area contributed by atoms with Crippen LogP contribution in [0.15, 0.2) is 142 Å². The van der Waals surface area contributed by atoms with Crippen LogP contribution in [-0.2, 0) is 34.4 Å². The van der Waals surface area contributed by atoms with Crippen molar-refractivity contribution in [3.8, 4) is 17.6 Å². The standard InChI is InChI=1S/C56H66N7O11PS/c1-38(2)63(39(3)4)75(73-34-14-31-57)55(67)35-52(74-50(55)37-72-56(41-15-10-9-11-16-41,42-22-26-44(70-7)27-23-42)43-24-28-45(71-8)29-25-43)62-36-40(53(65)60-54(62)66)21-30-51(64)58-32-33-59-76(68,69)49-20-13-17-46-47(49)18-12-19-48(46)61(5)6/h9-13,15-30,36,38-39,50,52,59,67H,14,32-35,37H2,1-8H3,(H,58,64)(H,60,65,66)/b30-21+/t50-,52-,55-,75?/m1/s1. The number of nitrogens with zero attached hydrogens (tertiary/aromatic N) is 4. The summed E-state index contributed by atoms with van der Waals surface area (Å²) < 4.78 is 64.4. The molecule has 1 saturated heterocycles. The third-order valence-corrected chi connectivity index (χ3v) is 17.5. The SMILES string of the molecule is COc1ccc(C(OC[C@H]2O[C@@H](n3cc(/C=C/C(=O)NCCNS(=O)(=O)c4cccc5c(N(C)C)cccc45)c(=O)[nH]c3=O)C[C@@]2(O)P(OCCC#N)N(C(C)C)C(C)C)(c2ccccc2)c2ccc(OC)cc2)cc1. The van der Waals surface area contributed by atoms with E-state index in [2.05, 4.69) is 21.1 Å². The molecule has 6 aromatic rings. The fraction of sp³-hybridized carbons (Fsp3) is 0.357. The van der Waals surface area contributed by atoms with Crippen molar-refractivity contribution in [2.75, 3.05) is 59.5 Å². The number of aliphatic hydroxyl groups is 1. The van der Waals surface area contributed by atoms with Crippen molar-refractivity contribution in [3.63, 3.8) is 0 Å². The van der Waals surface area contributed by atoms with E-state index in [-0.39, 0.29) is 61.7 Å². The summed E-state index contributed by atoms with van der Waals surface area (Å²) in [6.45, 7) is 7.41. The van der Waals surface area contributed by atoms with Gasteiger partial charge in [0.05, 0.1) is 50.4 Å². The van der Waals surface area contributed by atoms with Crippen molar-refractivity contribution in [2.45, 2.75) is 80.8 Å². The normalized spacial score (nSPS) is 17.4. The Bertz CT molecular complexity index is 3200. The zero-order valence-electron chi connectivity index (χ0n) is 43.9. The maximum atomic E-state index is 13.9. The first kappa shape index (κ1) is 57.0. The van der Waals surface area contributed by atoms with Crippen LogP contribution in [-0.4, -0.2) is 112 Å². The van der Waals surface area contributed by atoms with Crippen LogP contribution >= 0.6 is 8.30 Å². The van der Waals surface area contributed by atoms with Gasteiger partial charge < -0.3 is 38.8 Å². The second-order valence-corrected chi connectivity index (χ2v) is 22.6. The zero-order valence-corrected chi connectivity index (χ0v) is 45.6. The molecule has 0 spiro atoms. The number of amides is 1. The molecule has 4 atom stereocenters. The quantitative estimate of drug-likeness (QED) is 0.0203. The summed E-state index contributed by atoms with van der Waals surface area (Å²) in [5.74, 6) is 0.607. The van der Waals surface area contributed by atoms with Gasteiger partial charge in [0.2, 0.25) is 15.9 Å². The lowest BCUT2D eigenvalue weighted by atomic mass is 9.80. The number of hydrogen-bond acceptors (Lipinski definition) is 14. The lowest BCUT2D eigenvalue weighted by Gasteiger charge is -2.46. The summed E-state index contributed by atoms with van der Waals surface area (Å²) in [4.78, 5) is 44.7. The van der Waals surface area contributed by atoms with E-state index in [0.717, 1.165) is 38.4 Å². The first-order chi connectivity index (χ1) is 36.4. The highest BCUT2D eigenvalue weighted by Crippen LogP contribution is 2.62. The summed E-state index contributed by atoms with van der Waals surface area (Å²) in [5.41, 5.74) is -0.00775. The maximum absolute atomic E-state index is 13.9. The van der Waals surface area contributed by atoms with E-state index in [0.29, 0.717) is 16.9 Å². The molecule has 402 valence electrons. The Morgan fingerprint density at radius 3 is 2.09 bits per heavy atom. The Kier molecular flexibility index (Phi) is 18.7. The largest absolute Gasteiger partial charge is 0.497 e. The van der Waals surface area contributed by atoms with E-state index < -0.39 is 58.8 Å². The molecule has 2 heterocycles. The van der Waals surface area contributed by atoms with Crippen LogP contribution in [0.25, 0.3) is 16.8 Å². The monoisotopic (exact) mass is 1080 g/mol. The van der Waals surface area contributed by atoms with E-state index in [4.69, 9.17) is 23.5 Å². The van der Waals surface area contributed by atoms with Gasteiger partial charge in [0, 0.05) is 74.4 Å². The molecular weight excluding hydrogens is 1010 g/mol. The van der Waals surface area contributed by atoms with Crippen LogP contribution in [0.3, 0.4) is 0 Å². The van der Waals surface area contributed by atoms with E-state index >= 15 is 0 Å². The molecule has 0 bridgehead atoms. The number of sulfonamides is 1. The minimum absolute atomic E-state index is 0.00609. The molecule has 18 nitrogen and oxygen atoms in total. The topological polar surface area (TPSA) is 227 Å². The lowest BCUT2D eigenvalue weighted by molar-refractivity contribution is -0.116. The number of nitrogens with one attached hydrogen (secondary N) is 3. The number of carbonyl (C=O) groups is 1. The number of benzene rings is 5. The third-order valence-electron chi connectivity index (χ3n) is 13.0. The van der Waals surface area contributed by atoms with Crippen LogP contribution in [0.4, 0.5) is 5.69 Å². The van der Waals surface area contributed by atoms with Gasteiger partial charge in [0.15, 0.2) is 5.34 Å². The van der Waals surface area contributed by atoms with Crippen molar-refractivity contribution in [1.29, 1.82) is 5.26 Å². The van der Waals surface area contributed by atoms with E-state index in [1.165, 1.54) is 18.3 Å². The molecular formula is C56H66N7O11PS. The van der Waals surface area contributed by atoms with Gasteiger partial charge >= 0.3 is 5.69 Å². The molecule has 1 unspecified atom stereocenters. The predicted octanol–water partition coefficient (Wildman–Crippen LogP) is 7.23. The number of ether oxygens (including phenoxy) is 4. The summed E-state index contributed by atoms with van der Waals surface area (Å²) in [6, 6.07) is 36.8. The molecule has 0 radical (unpaired) electrons. The van der Waals surface area contributed by atoms with E-state index in [1.54, 1.807) is 32.4 Å². The van der Waals surface area contributed by atoms with Gasteiger partial charge in [0.1, 0.15) is 37.7 Å². The van der Waals surface area contributed by atoms with Gasteiger partial charge in [0.25, 0.3) is 5.56 Å². The van der Waals surface area contributed by atoms with Crippen LogP contribution in [0, 0.1) is 11.3 Å². The summed E-state index contributed by atoms with van der Waals surface area (Å²) in [7, 11) is 0.885. The second-order valence-electron chi connectivity index (χ2n) is 18.9. The average Bonchev–Trinajstić information content (AvgIpc) is 3.79. The van der Waals surface area contributed by atoms with E-state index in [9.17, 15) is 33.2 Å². The van der Waals surface area contributed by atoms with Crippen LogP contribution in [0.5, 0.6) is 11.5 Å². The Labute approximate surface area is 444 Å². The van der Waals surface area contributed by atoms with Crippen molar-refractivity contribution >= 4 is 46.8 Å². The highest BCUT2D eigenvalue weighted by atomic mass is 32.2. The molecule has 1 fully saturated rings. The molecule has 0 aliphatic carbocycles. The highest BCUT2D eigenvalue weighted by molar-refractivity contribution is 7.89. The number of carbonyl (C=O) groups excluding carboxylic acids is 1. The lowest BCUT2D eigenvalue weighted by Crippen LogP contribution is -2.48. The van der Waals surface area contributed by atoms with Gasteiger partial charge in [-0.25, -0.2) is 17.9 Å². The van der Waals surface area contributed by atoms with Crippen molar-refractivity contribution < 1.29 is 41.8 Å². The van der Waals surface area contributed by atoms with Gasteiger partial charge in [-0.1, -0.05) is 78.9 Å². The average molecular weight is 1080 g/mol. The number of rotatable bonds is 24. The summed E-state index contributed by atoms with van der Waals surface area (Å²) >= 11 is 0. The predicted molar refractivity (Wildman–Crippen MR) is 294 cm³/mol. The maximum Gasteiger partial charge on any atom is 0.330 e. The Morgan fingerprint density at radius 2 is 1.50 bits per heavy atom. The Hall–Kier alpha value is -6.72. The summed E-state index contributed by atoms with van der Waals surface area (Å²) in [6.07, 6.45) is 0.969. The number of anilines is 1. The molecule has 1 aromatic heterocycles. The molecule has 1 aliphatic rings. The van der Waals surface area contributed by atoms with Crippen LogP contribution in [0.1, 0.15) is 69.0 Å². The Balaban J connectivity index is 1.20. The molecule has 7 rings (SSSR count). The fourth-order valence-corrected chi connectivity index (χ4v) is 13.3. The smallest absolute Gasteiger partial charge is 0.330 e. The molecule has 20 heteroatoms. The van der Waals surface area contributed by atoms with Crippen LogP contribution < -0.4 is 35.7 Å². The minimum Gasteiger partial charge on any atom is -0.497 e. The van der Waals surface area contributed by atoms with Gasteiger partial charge in [-0.2, -0.15) is 5.26 Å². The molecule has 1 amide bonds. The van der Waals surface area contributed by atoms with Crippen molar-refractivity contribution in [1.82, 2.24) is 24.3 Å². The third kappa shape index (κ3) is 12.4. The number of aromatic amines is 1. The highest BCUT2D eigenvalue weighted by Gasteiger charge is 2.58. The fourth-order valence-electron chi connectivity index (χ4n) is 9.52. The van der Waals surface area contributed by atoms with Crippen molar-refractivity contribution in [3.05, 3.63) is 171 Å². The van der Waals surface area contributed by atoms with Crippen molar-refractivity contribution in [2.24, 2.45) is 0 Å². The first-order valence-electron chi connectivity index (χ1n) is 24.8. The number of H-pyrrole nitrogens is 1. The van der Waals surface area contributed by atoms with Gasteiger partial charge in [-0.3, -0.25) is 23.8 Å². The van der Waals surface area contributed by atoms with E-state index in [1.807, 2.05) is 142 Å². The number of hydrogen-bond donors (Lipinski definition) is 4. The van der Waals surface area contributed by atoms with Crippen LogP contribution in [0.2, 0.25) is 0 Å². The molecule has 5 aromatic carbocycles. The molecule has 1 aliphatic heterocycles. The number of fused-ring (bicyclic) bond motifs is 1. The summed E-state index contributed by atoms with van der Waals surface area (Å²) in [5, 5.41) is 25.2. The van der Waals surface area contributed by atoms with Gasteiger partial charge in [-0.05, 0) is 86.9 Å². The minimum atomic E-state index is -3.98. The second kappa shape index (κ2) is 25.0. The molecule has 0 saturated carbocycles. The number of methoxy groups -OCH3 is 2. The Morgan fingerprint density at radius 1 is 0.895 bits per heavy atom. The van der Waals surface area contributed by atoms with Gasteiger partial charge in [-0.15, -0.1) is 0 Å². The molecule has 76 heavy (non-hydrogen) atoms. The zero-order chi connectivity index (χ0) is 54.8. The first-order valence-corrected chi connectivity index (χ1v) is 27.5. The number of nitriles is 1.